The molecular formula is C16H16FN3O3. The molecule has 0 saturated heterocycles. The van der Waals surface area contributed by atoms with E-state index in [1.807, 2.05) is 0 Å². The molecule has 1 amide bonds. The van der Waals surface area contributed by atoms with E-state index < -0.39 is 12.0 Å². The second-order valence-electron chi connectivity index (χ2n) is 5.69. The summed E-state index contributed by atoms with van der Waals surface area (Å²) < 4.78 is 19.6. The predicted octanol–water partition coefficient (Wildman–Crippen LogP) is 2.71. The molecule has 2 heterocycles. The number of carbonyl (C=O) groups is 1. The molecule has 0 aliphatic heterocycles. The third-order valence-electron chi connectivity index (χ3n) is 3.92. The van der Waals surface area contributed by atoms with Crippen molar-refractivity contribution in [3.05, 3.63) is 42.7 Å². The van der Waals surface area contributed by atoms with Crippen LogP contribution in [0.2, 0.25) is 0 Å². The molecule has 0 aromatic carbocycles. The first-order valence-electron chi connectivity index (χ1n) is 7.24. The molecule has 1 aliphatic carbocycles. The average molecular weight is 317 g/mol. The molecule has 1 fully saturated rings. The fourth-order valence-electron chi connectivity index (χ4n) is 2.29. The number of rotatable bonds is 6. The smallest absolute Gasteiger partial charge is 0.404 e. The number of amides is 1. The van der Waals surface area contributed by atoms with Gasteiger partial charge in [0.25, 0.3) is 0 Å². The summed E-state index contributed by atoms with van der Waals surface area (Å²) in [4.78, 5) is 18.2. The number of hydrogen-bond acceptors (Lipinski definition) is 4. The molecule has 0 atom stereocenters. The molecule has 120 valence electrons. The Morgan fingerprint density at radius 3 is 2.78 bits per heavy atom. The maximum Gasteiger partial charge on any atom is 0.404 e. The van der Waals surface area contributed by atoms with E-state index in [-0.39, 0.29) is 5.41 Å². The number of carboxylic acid groups (broad SMARTS) is 1. The van der Waals surface area contributed by atoms with Gasteiger partial charge in [0.2, 0.25) is 5.95 Å². The van der Waals surface area contributed by atoms with E-state index in [1.54, 1.807) is 30.6 Å². The quantitative estimate of drug-likeness (QED) is 0.800. The van der Waals surface area contributed by atoms with Gasteiger partial charge in [-0.2, -0.15) is 4.39 Å². The average Bonchev–Trinajstić information content (AvgIpc) is 3.34. The molecule has 6 nitrogen and oxygen atoms in total. The standard InChI is InChI=1S/C16H16FN3O3/c17-14-13(11-1-5-18-6-2-11)7-12(8-19-14)23-10-16(3-4-16)9-20-15(21)22/h1-2,5-8,20H,3-4,9-10H2,(H,21,22). The maximum atomic E-state index is 13.9. The highest BCUT2D eigenvalue weighted by atomic mass is 19.1. The van der Waals surface area contributed by atoms with Crippen molar-refractivity contribution in [1.29, 1.82) is 0 Å². The third kappa shape index (κ3) is 3.74. The Kier molecular flexibility index (Phi) is 4.10. The van der Waals surface area contributed by atoms with Gasteiger partial charge in [0.05, 0.1) is 12.8 Å². The fraction of sp³-hybridized carbons (Fsp3) is 0.312. The summed E-state index contributed by atoms with van der Waals surface area (Å²) in [5.74, 6) is -0.114. The first-order valence-corrected chi connectivity index (χ1v) is 7.24. The minimum absolute atomic E-state index is 0.163. The van der Waals surface area contributed by atoms with Gasteiger partial charge in [-0.05, 0) is 36.6 Å². The zero-order chi connectivity index (χ0) is 16.3. The van der Waals surface area contributed by atoms with Crippen molar-refractivity contribution in [1.82, 2.24) is 15.3 Å². The van der Waals surface area contributed by atoms with Crippen molar-refractivity contribution >= 4 is 6.09 Å². The molecule has 23 heavy (non-hydrogen) atoms. The predicted molar refractivity (Wildman–Crippen MR) is 80.6 cm³/mol. The van der Waals surface area contributed by atoms with Gasteiger partial charge in [0.1, 0.15) is 5.75 Å². The second-order valence-corrected chi connectivity index (χ2v) is 5.69. The third-order valence-corrected chi connectivity index (χ3v) is 3.92. The highest BCUT2D eigenvalue weighted by Gasteiger charge is 2.43. The van der Waals surface area contributed by atoms with Crippen LogP contribution in [0.1, 0.15) is 12.8 Å². The molecule has 1 saturated carbocycles. The molecule has 0 unspecified atom stereocenters. The van der Waals surface area contributed by atoms with Crippen LogP contribution < -0.4 is 10.1 Å². The lowest BCUT2D eigenvalue weighted by molar-refractivity contribution is 0.184. The van der Waals surface area contributed by atoms with E-state index in [0.717, 1.165) is 12.8 Å². The van der Waals surface area contributed by atoms with Crippen molar-refractivity contribution in [3.63, 3.8) is 0 Å². The van der Waals surface area contributed by atoms with E-state index in [1.165, 1.54) is 6.20 Å². The second kappa shape index (κ2) is 6.20. The molecule has 3 rings (SSSR count). The van der Waals surface area contributed by atoms with Gasteiger partial charge in [-0.15, -0.1) is 0 Å². The van der Waals surface area contributed by atoms with Crippen molar-refractivity contribution < 1.29 is 19.0 Å². The van der Waals surface area contributed by atoms with Gasteiger partial charge in [0.15, 0.2) is 0 Å². The van der Waals surface area contributed by atoms with Crippen LogP contribution in [-0.4, -0.2) is 34.3 Å². The minimum Gasteiger partial charge on any atom is -0.491 e. The van der Waals surface area contributed by atoms with Gasteiger partial charge in [-0.25, -0.2) is 9.78 Å². The van der Waals surface area contributed by atoms with Crippen LogP contribution in [0.15, 0.2) is 36.8 Å². The van der Waals surface area contributed by atoms with E-state index in [0.29, 0.717) is 30.0 Å². The molecule has 2 N–H and O–H groups in total. The lowest BCUT2D eigenvalue weighted by Crippen LogP contribution is -2.31. The van der Waals surface area contributed by atoms with Crippen molar-refractivity contribution in [3.8, 4) is 16.9 Å². The summed E-state index contributed by atoms with van der Waals surface area (Å²) in [6.45, 7) is 0.727. The topological polar surface area (TPSA) is 84.3 Å². The first kappa shape index (κ1) is 15.2. The van der Waals surface area contributed by atoms with Gasteiger partial charge in [-0.3, -0.25) is 4.98 Å². The highest BCUT2D eigenvalue weighted by molar-refractivity contribution is 5.64. The molecule has 7 heteroatoms. The van der Waals surface area contributed by atoms with Crippen LogP contribution in [-0.2, 0) is 0 Å². The van der Waals surface area contributed by atoms with Gasteiger partial charge < -0.3 is 15.2 Å². The van der Waals surface area contributed by atoms with Crippen LogP contribution >= 0.6 is 0 Å². The van der Waals surface area contributed by atoms with Crippen LogP contribution in [0.5, 0.6) is 5.75 Å². The number of ether oxygens (including phenoxy) is 1. The molecule has 0 spiro atoms. The number of aromatic nitrogens is 2. The Labute approximate surface area is 132 Å². The Bertz CT molecular complexity index is 705. The lowest BCUT2D eigenvalue weighted by atomic mass is 10.1. The fourth-order valence-corrected chi connectivity index (χ4v) is 2.29. The van der Waals surface area contributed by atoms with Crippen molar-refractivity contribution in [2.75, 3.05) is 13.2 Å². The molecule has 1 aliphatic rings. The summed E-state index contributed by atoms with van der Waals surface area (Å²) in [6, 6.07) is 4.99. The van der Waals surface area contributed by atoms with Crippen LogP contribution in [0, 0.1) is 11.4 Å². The number of halogens is 1. The zero-order valence-electron chi connectivity index (χ0n) is 12.3. The normalized spacial score (nSPS) is 15.0. The minimum atomic E-state index is -1.04. The highest BCUT2D eigenvalue weighted by Crippen LogP contribution is 2.45. The number of pyridine rings is 2. The van der Waals surface area contributed by atoms with Gasteiger partial charge in [0, 0.05) is 29.9 Å². The number of nitrogens with zero attached hydrogens (tertiary/aromatic N) is 2. The zero-order valence-corrected chi connectivity index (χ0v) is 12.3. The molecule has 2 aromatic heterocycles. The summed E-state index contributed by atoms with van der Waals surface area (Å²) >= 11 is 0. The maximum absolute atomic E-state index is 13.9. The Hall–Kier alpha value is -2.70. The van der Waals surface area contributed by atoms with Crippen molar-refractivity contribution in [2.45, 2.75) is 12.8 Å². The van der Waals surface area contributed by atoms with Gasteiger partial charge >= 0.3 is 6.09 Å². The molecule has 2 aromatic rings. The molecule has 0 radical (unpaired) electrons. The number of nitrogens with one attached hydrogen (secondary N) is 1. The molecular weight excluding hydrogens is 301 g/mol. The van der Waals surface area contributed by atoms with E-state index in [4.69, 9.17) is 9.84 Å². The summed E-state index contributed by atoms with van der Waals surface area (Å²) in [7, 11) is 0. The van der Waals surface area contributed by atoms with Crippen LogP contribution in [0.4, 0.5) is 9.18 Å². The largest absolute Gasteiger partial charge is 0.491 e. The Morgan fingerprint density at radius 2 is 2.13 bits per heavy atom. The van der Waals surface area contributed by atoms with Gasteiger partial charge in [-0.1, -0.05) is 0 Å². The summed E-state index contributed by atoms with van der Waals surface area (Å²) in [6.07, 6.45) is 5.26. The van der Waals surface area contributed by atoms with Crippen LogP contribution in [0.3, 0.4) is 0 Å². The SMILES string of the molecule is O=C(O)NCC1(COc2cnc(F)c(-c3ccncc3)c2)CC1. The summed E-state index contributed by atoms with van der Waals surface area (Å²) in [5.41, 5.74) is 0.853. The Balaban J connectivity index is 1.69. The Morgan fingerprint density at radius 1 is 1.39 bits per heavy atom. The van der Waals surface area contributed by atoms with Crippen LogP contribution in [0.25, 0.3) is 11.1 Å². The van der Waals surface area contributed by atoms with Crippen molar-refractivity contribution in [2.24, 2.45) is 5.41 Å². The number of hydrogen-bond donors (Lipinski definition) is 2. The first-order chi connectivity index (χ1) is 11.1. The van der Waals surface area contributed by atoms with E-state index >= 15 is 0 Å². The lowest BCUT2D eigenvalue weighted by Gasteiger charge is -2.16. The molecule has 0 bridgehead atoms. The monoisotopic (exact) mass is 317 g/mol. The van der Waals surface area contributed by atoms with E-state index in [9.17, 15) is 9.18 Å². The van der Waals surface area contributed by atoms with E-state index in [2.05, 4.69) is 15.3 Å². The summed E-state index contributed by atoms with van der Waals surface area (Å²) in [5, 5.41) is 11.1.